The molecule has 8 heteroatoms. The van der Waals surface area contributed by atoms with Gasteiger partial charge < -0.3 is 16.0 Å². The number of nitrogens with one attached hydrogen (secondary N) is 1. The molecule has 24 heavy (non-hydrogen) atoms. The Bertz CT molecular complexity index is 728. The van der Waals surface area contributed by atoms with Gasteiger partial charge in [-0.25, -0.2) is 4.98 Å². The van der Waals surface area contributed by atoms with Crippen LogP contribution in [0.25, 0.3) is 0 Å². The second-order valence-electron chi connectivity index (χ2n) is 6.37. The van der Waals surface area contributed by atoms with Crippen LogP contribution in [-0.2, 0) is 37.3 Å². The number of aryl methyl sites for hydroxylation is 2. The van der Waals surface area contributed by atoms with Gasteiger partial charge in [0.05, 0.1) is 23.6 Å². The number of amides is 1. The number of hydrogen-bond acceptors (Lipinski definition) is 6. The Morgan fingerprint density at radius 3 is 3.25 bits per heavy atom. The van der Waals surface area contributed by atoms with Crippen molar-refractivity contribution in [3.05, 3.63) is 28.0 Å². The fraction of sp³-hybridized carbons (Fsp3) is 0.562. The number of rotatable bonds is 3. The molecule has 0 fully saturated rings. The minimum Gasteiger partial charge on any atom is -0.375 e. The predicted molar refractivity (Wildman–Crippen MR) is 92.5 cm³/mol. The number of hydrogen-bond donors (Lipinski definition) is 2. The van der Waals surface area contributed by atoms with Crippen molar-refractivity contribution >= 4 is 22.4 Å². The quantitative estimate of drug-likeness (QED) is 0.863. The highest BCUT2D eigenvalue weighted by Gasteiger charge is 2.23. The molecule has 3 N–H and O–H groups in total. The first-order valence-electron chi connectivity index (χ1n) is 8.47. The first kappa shape index (κ1) is 15.6. The molecule has 0 saturated heterocycles. The average molecular weight is 346 g/mol. The summed E-state index contributed by atoms with van der Waals surface area (Å²) in [4.78, 5) is 19.9. The van der Waals surface area contributed by atoms with Crippen LogP contribution in [0.1, 0.15) is 34.8 Å². The highest BCUT2D eigenvalue weighted by atomic mass is 32.1. The summed E-state index contributed by atoms with van der Waals surface area (Å²) in [5.41, 5.74) is 9.06. The first-order valence-corrected chi connectivity index (χ1v) is 9.29. The number of carbonyl (C=O) groups is 1. The molecule has 0 radical (unpaired) electrons. The number of carbonyl (C=O) groups excluding carboxylic acids is 1. The Hall–Kier alpha value is -1.93. The van der Waals surface area contributed by atoms with E-state index < -0.39 is 0 Å². The maximum Gasteiger partial charge on any atom is 0.223 e. The fourth-order valence-corrected chi connectivity index (χ4v) is 4.26. The molecule has 0 aromatic carbocycles. The van der Waals surface area contributed by atoms with Crippen molar-refractivity contribution in [1.29, 1.82) is 0 Å². The van der Waals surface area contributed by atoms with E-state index in [0.29, 0.717) is 24.5 Å². The van der Waals surface area contributed by atoms with Crippen LogP contribution in [0.5, 0.6) is 0 Å². The van der Waals surface area contributed by atoms with Gasteiger partial charge in [0.2, 0.25) is 5.91 Å². The van der Waals surface area contributed by atoms with Gasteiger partial charge in [0, 0.05) is 43.8 Å². The van der Waals surface area contributed by atoms with Gasteiger partial charge in [0.1, 0.15) is 0 Å². The van der Waals surface area contributed by atoms with Gasteiger partial charge in [0.25, 0.3) is 0 Å². The van der Waals surface area contributed by atoms with Crippen LogP contribution in [0, 0.1) is 0 Å². The fourth-order valence-electron chi connectivity index (χ4n) is 3.36. The summed E-state index contributed by atoms with van der Waals surface area (Å²) < 4.78 is 2.08. The van der Waals surface area contributed by atoms with Gasteiger partial charge in [-0.1, -0.05) is 0 Å². The number of nitrogens with two attached hydrogens (primary N) is 1. The van der Waals surface area contributed by atoms with E-state index in [1.165, 1.54) is 17.0 Å². The summed E-state index contributed by atoms with van der Waals surface area (Å²) in [6.45, 7) is 4.24. The van der Waals surface area contributed by atoms with Crippen molar-refractivity contribution in [2.75, 3.05) is 18.8 Å². The Kier molecular flexibility index (Phi) is 4.24. The molecule has 2 aromatic heterocycles. The summed E-state index contributed by atoms with van der Waals surface area (Å²) in [5, 5.41) is 8.64. The molecule has 0 atom stereocenters. The molecule has 0 aliphatic carbocycles. The van der Waals surface area contributed by atoms with Crippen LogP contribution in [0.2, 0.25) is 0 Å². The molecule has 4 heterocycles. The van der Waals surface area contributed by atoms with Crippen molar-refractivity contribution in [3.8, 4) is 0 Å². The van der Waals surface area contributed by atoms with Crippen molar-refractivity contribution in [2.24, 2.45) is 0 Å². The number of nitrogens with zero attached hydrogens (tertiary/aromatic N) is 4. The van der Waals surface area contributed by atoms with Crippen molar-refractivity contribution in [2.45, 2.75) is 45.3 Å². The second kappa shape index (κ2) is 6.52. The molecular weight excluding hydrogens is 324 g/mol. The largest absolute Gasteiger partial charge is 0.375 e. The molecule has 2 aliphatic heterocycles. The lowest BCUT2D eigenvalue weighted by Gasteiger charge is -2.26. The molecule has 0 spiro atoms. The van der Waals surface area contributed by atoms with Crippen LogP contribution in [-0.4, -0.2) is 38.7 Å². The molecule has 2 aliphatic rings. The highest BCUT2D eigenvalue weighted by molar-refractivity contribution is 7.15. The average Bonchev–Trinajstić information content (AvgIpc) is 3.07. The number of thiazole rings is 1. The Morgan fingerprint density at radius 1 is 1.42 bits per heavy atom. The van der Waals surface area contributed by atoms with Crippen molar-refractivity contribution in [1.82, 2.24) is 25.0 Å². The molecular formula is C16H22N6OS. The van der Waals surface area contributed by atoms with E-state index in [0.717, 1.165) is 55.3 Å². The van der Waals surface area contributed by atoms with Crippen LogP contribution >= 0.6 is 11.3 Å². The normalized spacial score (nSPS) is 17.2. The second-order valence-corrected chi connectivity index (χ2v) is 7.48. The Balaban J connectivity index is 1.35. The van der Waals surface area contributed by atoms with Gasteiger partial charge in [0.15, 0.2) is 5.13 Å². The SMILES string of the molecule is Nc1nc2c(s1)CN(C(=O)CCc1cc3n(n1)CCCNC3)CC2. The summed E-state index contributed by atoms with van der Waals surface area (Å²) >= 11 is 1.50. The number of aromatic nitrogens is 3. The Labute approximate surface area is 144 Å². The minimum atomic E-state index is 0.189. The maximum atomic E-state index is 12.5. The number of nitrogen functional groups attached to an aromatic ring is 1. The molecule has 0 bridgehead atoms. The first-order chi connectivity index (χ1) is 11.7. The van der Waals surface area contributed by atoms with Crippen LogP contribution < -0.4 is 11.1 Å². The molecule has 1 amide bonds. The maximum absolute atomic E-state index is 12.5. The van der Waals surface area contributed by atoms with Gasteiger partial charge >= 0.3 is 0 Å². The lowest BCUT2D eigenvalue weighted by molar-refractivity contribution is -0.132. The Morgan fingerprint density at radius 2 is 2.33 bits per heavy atom. The third-order valence-electron chi connectivity index (χ3n) is 4.64. The zero-order valence-electron chi connectivity index (χ0n) is 13.6. The lowest BCUT2D eigenvalue weighted by Crippen LogP contribution is -2.35. The number of anilines is 1. The minimum absolute atomic E-state index is 0.189. The van der Waals surface area contributed by atoms with E-state index in [4.69, 9.17) is 5.73 Å². The molecule has 2 aromatic rings. The molecule has 0 saturated carbocycles. The van der Waals surface area contributed by atoms with Gasteiger partial charge in [-0.2, -0.15) is 5.10 Å². The monoisotopic (exact) mass is 346 g/mol. The standard InChI is InChI=1S/C16H22N6OS/c17-16-19-13-4-7-21(10-14(13)24-16)15(23)3-2-11-8-12-9-18-5-1-6-22(12)20-11/h8,18H,1-7,9-10H2,(H2,17,19). The van der Waals surface area contributed by atoms with E-state index in [-0.39, 0.29) is 5.91 Å². The van der Waals surface area contributed by atoms with Crippen molar-refractivity contribution in [3.63, 3.8) is 0 Å². The summed E-state index contributed by atoms with van der Waals surface area (Å²) in [6, 6.07) is 2.13. The van der Waals surface area contributed by atoms with E-state index in [1.807, 2.05) is 4.90 Å². The van der Waals surface area contributed by atoms with Crippen LogP contribution in [0.4, 0.5) is 5.13 Å². The molecule has 0 unspecified atom stereocenters. The van der Waals surface area contributed by atoms with E-state index >= 15 is 0 Å². The topological polar surface area (TPSA) is 89.1 Å². The predicted octanol–water partition coefficient (Wildman–Crippen LogP) is 0.933. The lowest BCUT2D eigenvalue weighted by atomic mass is 10.1. The molecule has 128 valence electrons. The van der Waals surface area contributed by atoms with Crippen LogP contribution in [0.3, 0.4) is 0 Å². The van der Waals surface area contributed by atoms with Gasteiger partial charge in [-0.15, -0.1) is 11.3 Å². The third-order valence-corrected chi connectivity index (χ3v) is 5.55. The van der Waals surface area contributed by atoms with Crippen molar-refractivity contribution < 1.29 is 4.79 Å². The van der Waals surface area contributed by atoms with E-state index in [9.17, 15) is 4.79 Å². The highest BCUT2D eigenvalue weighted by Crippen LogP contribution is 2.26. The van der Waals surface area contributed by atoms with E-state index in [1.54, 1.807) is 0 Å². The third kappa shape index (κ3) is 3.16. The van der Waals surface area contributed by atoms with Gasteiger partial charge in [-0.05, 0) is 19.0 Å². The van der Waals surface area contributed by atoms with Crippen LogP contribution in [0.15, 0.2) is 6.07 Å². The summed E-state index contributed by atoms with van der Waals surface area (Å²) in [5.74, 6) is 0.189. The van der Waals surface area contributed by atoms with Gasteiger partial charge in [-0.3, -0.25) is 9.48 Å². The zero-order chi connectivity index (χ0) is 16.5. The molecule has 4 rings (SSSR count). The smallest absolute Gasteiger partial charge is 0.223 e. The summed E-state index contributed by atoms with van der Waals surface area (Å²) in [6.07, 6.45) is 3.11. The molecule has 7 nitrogen and oxygen atoms in total. The van der Waals surface area contributed by atoms with E-state index in [2.05, 4.69) is 26.1 Å². The zero-order valence-corrected chi connectivity index (χ0v) is 14.4. The number of fused-ring (bicyclic) bond motifs is 2. The summed E-state index contributed by atoms with van der Waals surface area (Å²) in [7, 11) is 0.